The fraction of sp³-hybridized carbons (Fsp3) is 0.970. The molecular formula is C33H62O4. The minimum atomic E-state index is -0.714. The highest BCUT2D eigenvalue weighted by Crippen LogP contribution is 2.61. The van der Waals surface area contributed by atoms with Crippen molar-refractivity contribution < 1.29 is 19.4 Å². The molecule has 0 aromatic heterocycles. The average Bonchev–Trinajstić information content (AvgIpc) is 2.86. The molecule has 2 fully saturated rings. The standard InChI is InChI=1S/C33H62O4/c1-11-31(8,37-19-18-23(4)5)21-27(34)22-36-30(35)33(10,13-3)29-17-15-26-20-25(24(6)7)14-16-28(26)32(29,9)12-2/h23-29,34H,11-22H2,1-10H3/t25?,26?,27?,28?,29?,31-,32?,33?/m0/s1. The highest BCUT2D eigenvalue weighted by molar-refractivity contribution is 5.77. The van der Waals surface area contributed by atoms with Gasteiger partial charge in [0.25, 0.3) is 0 Å². The molecule has 1 N–H and O–H groups in total. The second-order valence-corrected chi connectivity index (χ2v) is 14.2. The molecule has 7 unspecified atom stereocenters. The highest BCUT2D eigenvalue weighted by Gasteiger charge is 2.56. The Kier molecular flexibility index (Phi) is 12.0. The molecule has 37 heavy (non-hydrogen) atoms. The summed E-state index contributed by atoms with van der Waals surface area (Å²) in [5.41, 5.74) is -0.771. The molecule has 2 saturated carbocycles. The predicted octanol–water partition coefficient (Wildman–Crippen LogP) is 8.44. The second-order valence-electron chi connectivity index (χ2n) is 14.2. The van der Waals surface area contributed by atoms with Crippen molar-refractivity contribution in [1.82, 2.24) is 0 Å². The van der Waals surface area contributed by atoms with Crippen LogP contribution in [0.2, 0.25) is 0 Å². The largest absolute Gasteiger partial charge is 0.463 e. The summed E-state index contributed by atoms with van der Waals surface area (Å²) in [6, 6.07) is 0. The van der Waals surface area contributed by atoms with Crippen LogP contribution in [0.5, 0.6) is 0 Å². The van der Waals surface area contributed by atoms with Gasteiger partial charge in [0, 0.05) is 13.0 Å². The highest BCUT2D eigenvalue weighted by atomic mass is 16.5. The molecule has 218 valence electrons. The Bertz CT molecular complexity index is 704. The first-order valence-corrected chi connectivity index (χ1v) is 15.7. The zero-order valence-electron chi connectivity index (χ0n) is 26.2. The number of esters is 1. The van der Waals surface area contributed by atoms with Crippen molar-refractivity contribution in [3.8, 4) is 0 Å². The fourth-order valence-corrected chi connectivity index (χ4v) is 7.89. The van der Waals surface area contributed by atoms with Crippen LogP contribution in [0, 0.1) is 46.3 Å². The minimum absolute atomic E-state index is 0.0508. The van der Waals surface area contributed by atoms with E-state index in [0.29, 0.717) is 30.8 Å². The van der Waals surface area contributed by atoms with Crippen molar-refractivity contribution in [1.29, 1.82) is 0 Å². The SMILES string of the molecule is CCC(C)(C(=O)OCC(O)C[C@](C)(CC)OCCC(C)C)C1CCC2CC(C(C)C)CCC2C1(C)CC. The number of hydrogen-bond donors (Lipinski definition) is 1. The lowest BCUT2D eigenvalue weighted by Crippen LogP contribution is -2.54. The Hall–Kier alpha value is -0.610. The van der Waals surface area contributed by atoms with Crippen molar-refractivity contribution in [3.63, 3.8) is 0 Å². The summed E-state index contributed by atoms with van der Waals surface area (Å²) in [6.07, 6.45) is 9.82. The molecular weight excluding hydrogens is 460 g/mol. The van der Waals surface area contributed by atoms with E-state index in [9.17, 15) is 9.90 Å². The molecule has 2 aliphatic carbocycles. The van der Waals surface area contributed by atoms with Crippen LogP contribution < -0.4 is 0 Å². The summed E-state index contributed by atoms with van der Waals surface area (Å²) in [7, 11) is 0. The quantitative estimate of drug-likeness (QED) is 0.233. The monoisotopic (exact) mass is 522 g/mol. The smallest absolute Gasteiger partial charge is 0.312 e. The van der Waals surface area contributed by atoms with Crippen molar-refractivity contribution in [2.24, 2.45) is 46.3 Å². The van der Waals surface area contributed by atoms with Gasteiger partial charge in [0.05, 0.1) is 17.1 Å². The first-order chi connectivity index (χ1) is 17.3. The molecule has 0 amide bonds. The van der Waals surface area contributed by atoms with Crippen molar-refractivity contribution in [2.45, 2.75) is 145 Å². The zero-order chi connectivity index (χ0) is 28.0. The van der Waals surface area contributed by atoms with E-state index in [2.05, 4.69) is 69.2 Å². The van der Waals surface area contributed by atoms with Gasteiger partial charge in [-0.2, -0.15) is 0 Å². The topological polar surface area (TPSA) is 55.8 Å². The van der Waals surface area contributed by atoms with Gasteiger partial charge in [-0.15, -0.1) is 0 Å². The van der Waals surface area contributed by atoms with Crippen LogP contribution >= 0.6 is 0 Å². The lowest BCUT2D eigenvalue weighted by Gasteiger charge is -2.58. The summed E-state index contributed by atoms with van der Waals surface area (Å²) in [4.78, 5) is 13.7. The minimum Gasteiger partial charge on any atom is -0.463 e. The van der Waals surface area contributed by atoms with Crippen LogP contribution in [-0.2, 0) is 14.3 Å². The van der Waals surface area contributed by atoms with E-state index in [-0.39, 0.29) is 18.0 Å². The maximum Gasteiger partial charge on any atom is 0.312 e. The fourth-order valence-electron chi connectivity index (χ4n) is 7.89. The van der Waals surface area contributed by atoms with Gasteiger partial charge in [0.2, 0.25) is 0 Å². The van der Waals surface area contributed by atoms with Gasteiger partial charge in [0.15, 0.2) is 0 Å². The average molecular weight is 523 g/mol. The molecule has 2 aliphatic rings. The van der Waals surface area contributed by atoms with Gasteiger partial charge in [-0.3, -0.25) is 4.79 Å². The van der Waals surface area contributed by atoms with Crippen LogP contribution in [0.15, 0.2) is 0 Å². The Morgan fingerprint density at radius 3 is 2.24 bits per heavy atom. The Morgan fingerprint density at radius 2 is 1.70 bits per heavy atom. The number of ether oxygens (including phenoxy) is 2. The van der Waals surface area contributed by atoms with Gasteiger partial charge < -0.3 is 14.6 Å². The lowest BCUT2D eigenvalue weighted by molar-refractivity contribution is -0.175. The van der Waals surface area contributed by atoms with Crippen molar-refractivity contribution in [3.05, 3.63) is 0 Å². The van der Waals surface area contributed by atoms with Gasteiger partial charge in [-0.25, -0.2) is 0 Å². The summed E-state index contributed by atoms with van der Waals surface area (Å²) in [5.74, 6) is 3.90. The third kappa shape index (κ3) is 7.74. The molecule has 0 aromatic carbocycles. The van der Waals surface area contributed by atoms with Gasteiger partial charge in [0.1, 0.15) is 6.61 Å². The van der Waals surface area contributed by atoms with Gasteiger partial charge in [-0.05, 0) is 106 Å². The van der Waals surface area contributed by atoms with Crippen LogP contribution in [0.3, 0.4) is 0 Å². The molecule has 0 spiro atoms. The van der Waals surface area contributed by atoms with Crippen LogP contribution in [0.1, 0.15) is 133 Å². The van der Waals surface area contributed by atoms with Crippen molar-refractivity contribution in [2.75, 3.05) is 13.2 Å². The first-order valence-electron chi connectivity index (χ1n) is 15.7. The molecule has 0 heterocycles. The van der Waals surface area contributed by atoms with Gasteiger partial charge in [-0.1, -0.05) is 61.8 Å². The van der Waals surface area contributed by atoms with E-state index in [1.807, 2.05) is 0 Å². The van der Waals surface area contributed by atoms with Crippen LogP contribution in [0.25, 0.3) is 0 Å². The number of aliphatic hydroxyl groups excluding tert-OH is 1. The number of fused-ring (bicyclic) bond motifs is 1. The Morgan fingerprint density at radius 1 is 1.03 bits per heavy atom. The van der Waals surface area contributed by atoms with Crippen molar-refractivity contribution >= 4 is 5.97 Å². The van der Waals surface area contributed by atoms with E-state index in [0.717, 1.165) is 49.9 Å². The third-order valence-corrected chi connectivity index (χ3v) is 11.1. The molecule has 8 atom stereocenters. The number of rotatable bonds is 14. The number of carbonyl (C=O) groups is 1. The first kappa shape index (κ1) is 32.6. The molecule has 4 heteroatoms. The molecule has 0 saturated heterocycles. The molecule has 0 aliphatic heterocycles. The van der Waals surface area contributed by atoms with Crippen LogP contribution in [-0.4, -0.2) is 36.0 Å². The summed E-state index contributed by atoms with van der Waals surface area (Å²) < 4.78 is 12.1. The van der Waals surface area contributed by atoms with Gasteiger partial charge >= 0.3 is 5.97 Å². The second kappa shape index (κ2) is 13.6. The summed E-state index contributed by atoms with van der Waals surface area (Å²) in [6.45, 7) is 23.2. The molecule has 2 rings (SSSR count). The summed E-state index contributed by atoms with van der Waals surface area (Å²) >= 11 is 0. The van der Waals surface area contributed by atoms with E-state index in [1.165, 1.54) is 25.7 Å². The normalized spacial score (nSPS) is 32.5. The number of hydrogen-bond acceptors (Lipinski definition) is 4. The number of carbonyl (C=O) groups excluding carboxylic acids is 1. The van der Waals surface area contributed by atoms with Crippen LogP contribution in [0.4, 0.5) is 0 Å². The maximum absolute atomic E-state index is 13.7. The molecule has 0 bridgehead atoms. The Labute approximate surface area is 230 Å². The van der Waals surface area contributed by atoms with E-state index in [1.54, 1.807) is 0 Å². The Balaban J connectivity index is 2.06. The van der Waals surface area contributed by atoms with E-state index >= 15 is 0 Å². The zero-order valence-corrected chi connectivity index (χ0v) is 26.2. The lowest BCUT2D eigenvalue weighted by atomic mass is 9.46. The van der Waals surface area contributed by atoms with E-state index < -0.39 is 17.1 Å². The number of aliphatic hydroxyl groups is 1. The maximum atomic E-state index is 13.7. The molecule has 0 aromatic rings. The van der Waals surface area contributed by atoms with E-state index in [4.69, 9.17) is 9.47 Å². The molecule has 0 radical (unpaired) electrons. The predicted molar refractivity (Wildman–Crippen MR) is 154 cm³/mol. The third-order valence-electron chi connectivity index (χ3n) is 11.1. The summed E-state index contributed by atoms with van der Waals surface area (Å²) in [5, 5.41) is 10.8. The molecule has 4 nitrogen and oxygen atoms in total.